The molecule has 9 nitrogen and oxygen atoms in total. The van der Waals surface area contributed by atoms with Crippen LogP contribution in [0.5, 0.6) is 5.75 Å². The van der Waals surface area contributed by atoms with Gasteiger partial charge in [0.1, 0.15) is 24.2 Å². The third-order valence-corrected chi connectivity index (χ3v) is 5.37. The van der Waals surface area contributed by atoms with Crippen LogP contribution >= 0.6 is 0 Å². The van der Waals surface area contributed by atoms with Crippen molar-refractivity contribution in [3.8, 4) is 5.75 Å². The van der Waals surface area contributed by atoms with Gasteiger partial charge in [0.2, 0.25) is 11.8 Å². The van der Waals surface area contributed by atoms with E-state index in [-0.39, 0.29) is 26.0 Å². The van der Waals surface area contributed by atoms with Gasteiger partial charge in [-0.3, -0.25) is 25.0 Å². The van der Waals surface area contributed by atoms with Gasteiger partial charge in [-0.15, -0.1) is 13.2 Å². The van der Waals surface area contributed by atoms with Crippen molar-refractivity contribution in [2.24, 2.45) is 0 Å². The van der Waals surface area contributed by atoms with Crippen LogP contribution in [0.1, 0.15) is 34.3 Å². The molecular weight excluding hydrogens is 478 g/mol. The maximum absolute atomic E-state index is 13.9. The number of fused-ring (bicyclic) bond motifs is 1. The molecule has 0 bridgehead atoms. The summed E-state index contributed by atoms with van der Waals surface area (Å²) < 4.78 is 59.6. The summed E-state index contributed by atoms with van der Waals surface area (Å²) in [5.41, 5.74) is 0.781. The monoisotopic (exact) mass is 495 g/mol. The fraction of sp³-hybridized carbons (Fsp3) is 0.273. The zero-order chi connectivity index (χ0) is 25.3. The number of amides is 4. The van der Waals surface area contributed by atoms with E-state index < -0.39 is 53.5 Å². The Morgan fingerprint density at radius 2 is 1.91 bits per heavy atom. The lowest BCUT2D eigenvalue weighted by atomic mass is 10.0. The van der Waals surface area contributed by atoms with Crippen molar-refractivity contribution < 1.29 is 46.2 Å². The largest absolute Gasteiger partial charge is 0.573 e. The lowest BCUT2D eigenvalue weighted by Gasteiger charge is -2.29. The predicted octanol–water partition coefficient (Wildman–Crippen LogP) is 3.23. The SMILES string of the molecule is O=C1CCC(N2Cc3ccc(COC(=O)Nc4cc(OC(F)(F)F)ccc4F)cc3C2=O)C(=O)N1. The summed E-state index contributed by atoms with van der Waals surface area (Å²) in [6.45, 7) is -0.150. The van der Waals surface area contributed by atoms with E-state index in [1.54, 1.807) is 12.1 Å². The molecule has 2 heterocycles. The summed E-state index contributed by atoms with van der Waals surface area (Å²) in [5, 5.41) is 4.21. The van der Waals surface area contributed by atoms with E-state index in [0.717, 1.165) is 6.07 Å². The fourth-order valence-corrected chi connectivity index (χ4v) is 3.78. The smallest absolute Gasteiger partial charge is 0.444 e. The Morgan fingerprint density at radius 3 is 2.63 bits per heavy atom. The number of ether oxygens (including phenoxy) is 2. The maximum Gasteiger partial charge on any atom is 0.573 e. The van der Waals surface area contributed by atoms with Crippen LogP contribution in [0, 0.1) is 5.82 Å². The molecule has 2 N–H and O–H groups in total. The highest BCUT2D eigenvalue weighted by molar-refractivity contribution is 6.05. The summed E-state index contributed by atoms with van der Waals surface area (Å²) in [6, 6.07) is 6.02. The van der Waals surface area contributed by atoms with E-state index >= 15 is 0 Å². The maximum atomic E-state index is 13.9. The Bertz CT molecular complexity index is 1220. The summed E-state index contributed by atoms with van der Waals surface area (Å²) in [5.74, 6) is -3.09. The second-order valence-electron chi connectivity index (χ2n) is 7.78. The zero-order valence-electron chi connectivity index (χ0n) is 17.8. The van der Waals surface area contributed by atoms with Crippen molar-refractivity contribution in [3.05, 3.63) is 58.9 Å². The number of carbonyl (C=O) groups is 4. The van der Waals surface area contributed by atoms with Crippen molar-refractivity contribution in [2.75, 3.05) is 5.32 Å². The number of halogens is 4. The normalized spacial score (nSPS) is 17.7. The molecule has 4 amide bonds. The fourth-order valence-electron chi connectivity index (χ4n) is 3.78. The summed E-state index contributed by atoms with van der Waals surface area (Å²) in [7, 11) is 0. The number of benzene rings is 2. The van der Waals surface area contributed by atoms with Gasteiger partial charge in [-0.1, -0.05) is 12.1 Å². The molecule has 0 aromatic heterocycles. The molecule has 2 aliphatic rings. The summed E-state index contributed by atoms with van der Waals surface area (Å²) in [4.78, 5) is 49.7. The van der Waals surface area contributed by atoms with Crippen LogP contribution in [0.3, 0.4) is 0 Å². The van der Waals surface area contributed by atoms with E-state index in [1.807, 2.05) is 5.32 Å². The van der Waals surface area contributed by atoms with Crippen LogP contribution in [0.15, 0.2) is 36.4 Å². The van der Waals surface area contributed by atoms with Crippen LogP contribution in [-0.4, -0.2) is 41.1 Å². The second-order valence-corrected chi connectivity index (χ2v) is 7.78. The van der Waals surface area contributed by atoms with E-state index in [1.165, 1.54) is 11.0 Å². The third kappa shape index (κ3) is 5.50. The Kier molecular flexibility index (Phi) is 6.33. The molecular formula is C22H17F4N3O6. The lowest BCUT2D eigenvalue weighted by Crippen LogP contribution is -2.52. The lowest BCUT2D eigenvalue weighted by molar-refractivity contribution is -0.274. The number of hydrogen-bond donors (Lipinski definition) is 2. The van der Waals surface area contributed by atoms with E-state index in [4.69, 9.17) is 4.74 Å². The number of carbonyl (C=O) groups excluding carboxylic acids is 4. The third-order valence-electron chi connectivity index (χ3n) is 5.37. The molecule has 1 atom stereocenters. The first-order valence-electron chi connectivity index (χ1n) is 10.3. The molecule has 1 unspecified atom stereocenters. The van der Waals surface area contributed by atoms with Crippen LogP contribution in [0.4, 0.5) is 28.0 Å². The van der Waals surface area contributed by atoms with Gasteiger partial charge in [0.05, 0.1) is 5.69 Å². The van der Waals surface area contributed by atoms with Gasteiger partial charge in [-0.25, -0.2) is 9.18 Å². The van der Waals surface area contributed by atoms with Crippen molar-refractivity contribution in [1.82, 2.24) is 10.2 Å². The number of nitrogens with one attached hydrogen (secondary N) is 2. The van der Waals surface area contributed by atoms with E-state index in [2.05, 4.69) is 10.1 Å². The van der Waals surface area contributed by atoms with Gasteiger partial charge in [-0.2, -0.15) is 0 Å². The average Bonchev–Trinajstić information content (AvgIpc) is 3.09. The molecule has 2 aromatic rings. The molecule has 2 aliphatic heterocycles. The van der Waals surface area contributed by atoms with Crippen molar-refractivity contribution >= 4 is 29.5 Å². The zero-order valence-corrected chi connectivity index (χ0v) is 17.8. The predicted molar refractivity (Wildman–Crippen MR) is 109 cm³/mol. The minimum Gasteiger partial charge on any atom is -0.444 e. The van der Waals surface area contributed by atoms with Gasteiger partial charge < -0.3 is 14.4 Å². The standard InChI is InChI=1S/C22H17F4N3O6/c23-15-4-3-13(35-22(24,25)26)8-16(15)27-21(33)34-10-11-1-2-12-9-29(20(32)14(12)7-11)17-5-6-18(30)28-19(17)31/h1-4,7-8,17H,5-6,9-10H2,(H,27,33)(H,28,30,31). The molecule has 35 heavy (non-hydrogen) atoms. The molecule has 184 valence electrons. The highest BCUT2D eigenvalue weighted by Crippen LogP contribution is 2.29. The number of imide groups is 1. The molecule has 0 aliphatic carbocycles. The Hall–Kier alpha value is -4.16. The number of nitrogens with zero attached hydrogens (tertiary/aromatic N) is 1. The van der Waals surface area contributed by atoms with E-state index in [9.17, 15) is 36.7 Å². The molecule has 4 rings (SSSR count). The van der Waals surface area contributed by atoms with E-state index in [0.29, 0.717) is 28.8 Å². The topological polar surface area (TPSA) is 114 Å². The van der Waals surface area contributed by atoms with Crippen LogP contribution in [-0.2, 0) is 27.5 Å². The molecule has 1 saturated heterocycles. The minimum atomic E-state index is -4.99. The van der Waals surface area contributed by atoms with Crippen molar-refractivity contribution in [1.29, 1.82) is 0 Å². The minimum absolute atomic E-state index is 0.122. The first kappa shape index (κ1) is 24.0. The number of hydrogen-bond acceptors (Lipinski definition) is 6. The average molecular weight is 495 g/mol. The second kappa shape index (κ2) is 9.24. The first-order chi connectivity index (χ1) is 16.5. The van der Waals surface area contributed by atoms with Crippen LogP contribution < -0.4 is 15.4 Å². The summed E-state index contributed by atoms with van der Waals surface area (Å²) >= 11 is 0. The van der Waals surface area contributed by atoms with Gasteiger partial charge in [0.15, 0.2) is 0 Å². The summed E-state index contributed by atoms with van der Waals surface area (Å²) in [6.07, 6.45) is -5.80. The van der Waals surface area contributed by atoms with Crippen LogP contribution in [0.2, 0.25) is 0 Å². The highest BCUT2D eigenvalue weighted by Gasteiger charge is 2.39. The first-order valence-corrected chi connectivity index (χ1v) is 10.3. The van der Waals surface area contributed by atoms with Gasteiger partial charge in [0.25, 0.3) is 5.91 Å². The number of anilines is 1. The number of alkyl halides is 3. The van der Waals surface area contributed by atoms with Gasteiger partial charge >= 0.3 is 12.5 Å². The number of piperidine rings is 1. The molecule has 0 spiro atoms. The molecule has 1 fully saturated rings. The number of rotatable bonds is 5. The Morgan fingerprint density at radius 1 is 1.14 bits per heavy atom. The van der Waals surface area contributed by atoms with Gasteiger partial charge in [-0.05, 0) is 35.7 Å². The molecule has 13 heteroatoms. The quantitative estimate of drug-likeness (QED) is 0.487. The van der Waals surface area contributed by atoms with Gasteiger partial charge in [0, 0.05) is 24.6 Å². The van der Waals surface area contributed by atoms with Crippen molar-refractivity contribution in [3.63, 3.8) is 0 Å². The highest BCUT2D eigenvalue weighted by atomic mass is 19.4. The van der Waals surface area contributed by atoms with Crippen molar-refractivity contribution in [2.45, 2.75) is 38.4 Å². The molecule has 0 saturated carbocycles. The Balaban J connectivity index is 1.38. The molecule has 2 aromatic carbocycles. The van der Waals surface area contributed by atoms with Crippen LogP contribution in [0.25, 0.3) is 0 Å². The Labute approximate surface area is 195 Å². The molecule has 0 radical (unpaired) electrons.